The van der Waals surface area contributed by atoms with Crippen molar-refractivity contribution >= 4 is 14.1 Å². The smallest absolute Gasteiger partial charge is 0.208 e. The van der Waals surface area contributed by atoms with E-state index in [0.29, 0.717) is 0 Å². The Morgan fingerprint density at radius 3 is 1.86 bits per heavy atom. The summed E-state index contributed by atoms with van der Waals surface area (Å²) in [5, 5.41) is 2.51. The Hall–Kier alpha value is 0.0925. The Balaban J connectivity index is 3.23. The normalized spacial score (nSPS) is 7.57. The lowest BCUT2D eigenvalue weighted by atomic mass is 10.9. The highest BCUT2D eigenvalue weighted by molar-refractivity contribution is 6.67. The van der Waals surface area contributed by atoms with Crippen molar-refractivity contribution in [3.63, 3.8) is 0 Å². The number of terminal acetylenes is 1. The fraction of sp³-hybridized carbons (Fsp3) is 0.667. The van der Waals surface area contributed by atoms with Gasteiger partial charge in [0.1, 0.15) is 0 Å². The molecule has 0 radical (unpaired) electrons. The molecule has 0 amide bonds. The summed E-state index contributed by atoms with van der Waals surface area (Å²) in [6.07, 6.45) is 5.21. The molecule has 0 aromatic rings. The lowest BCUT2D eigenvalue weighted by molar-refractivity contribution is 1.34. The van der Waals surface area contributed by atoms with Crippen LogP contribution in [0.4, 0.5) is 0 Å². The van der Waals surface area contributed by atoms with Gasteiger partial charge in [0.25, 0.3) is 0 Å². The van der Waals surface area contributed by atoms with Gasteiger partial charge in [0.15, 0.2) is 0 Å². The van der Waals surface area contributed by atoms with Gasteiger partial charge in [-0.25, -0.2) is 4.78 Å². The van der Waals surface area contributed by atoms with Crippen molar-refractivity contribution in [2.24, 2.45) is 0 Å². The first-order valence-corrected chi connectivity index (χ1v) is 5.02. The molecule has 0 bridgehead atoms. The summed E-state index contributed by atoms with van der Waals surface area (Å²) in [6, 6.07) is 0. The highest BCUT2D eigenvalue weighted by Crippen LogP contribution is 1.93. The van der Waals surface area contributed by atoms with Gasteiger partial charge in [0.2, 0.25) is 0 Å². The molecule has 1 heteroatoms. The summed E-state index contributed by atoms with van der Waals surface area (Å²) in [6.45, 7) is 4.36. The molecule has 0 heterocycles. The summed E-state index contributed by atoms with van der Waals surface area (Å²) < 4.78 is 0. The van der Waals surface area contributed by atoms with Crippen molar-refractivity contribution in [2.45, 2.75) is 24.4 Å². The monoisotopic (exact) mass is 110 g/mol. The second-order valence-corrected chi connectivity index (χ2v) is 5.04. The van der Waals surface area contributed by atoms with Crippen LogP contribution in [-0.4, -0.2) is 14.1 Å². The molecule has 0 aliphatic carbocycles. The van der Waals surface area contributed by atoms with Crippen LogP contribution in [0.3, 0.4) is 0 Å². The van der Waals surface area contributed by atoms with Crippen LogP contribution in [0.15, 0.2) is 0 Å². The fourth-order valence-electron chi connectivity index (χ4n) is 0.524. The molecule has 0 unspecified atom stereocenters. The first kappa shape index (κ1) is 7.09. The molecular formula is C6H11Al. The van der Waals surface area contributed by atoms with Crippen LogP contribution in [0, 0.1) is 11.2 Å². The molecule has 0 fully saturated rings. The Morgan fingerprint density at radius 1 is 1.43 bits per heavy atom. The third-order valence-electron chi connectivity index (χ3n) is 1.22. The van der Waals surface area contributed by atoms with E-state index in [0.717, 1.165) is 0 Å². The van der Waals surface area contributed by atoms with E-state index in [4.69, 9.17) is 6.42 Å². The molecule has 0 saturated carbocycles. The summed E-state index contributed by atoms with van der Waals surface area (Å²) in [5.74, 6) is 0. The number of hydrogen-bond acceptors (Lipinski definition) is 0. The van der Waals surface area contributed by atoms with E-state index in [-0.39, 0.29) is 0 Å². The molecule has 0 saturated heterocycles. The lowest BCUT2D eigenvalue weighted by Gasteiger charge is -1.89. The zero-order valence-corrected chi connectivity index (χ0v) is 6.22. The van der Waals surface area contributed by atoms with Crippen molar-refractivity contribution in [1.29, 1.82) is 0 Å². The van der Waals surface area contributed by atoms with Gasteiger partial charge in [-0.05, 0) is 0 Å². The van der Waals surface area contributed by atoms with Gasteiger partial charge in [-0.15, -0.1) is 6.42 Å². The predicted octanol–water partition coefficient (Wildman–Crippen LogP) is 1.69. The molecule has 0 aromatic carbocycles. The van der Waals surface area contributed by atoms with Crippen LogP contribution in [0.2, 0.25) is 10.6 Å². The molecule has 0 aliphatic rings. The largest absolute Gasteiger partial charge is 0.375 e. The fourth-order valence-corrected chi connectivity index (χ4v) is 1.57. The zero-order chi connectivity index (χ0) is 5.70. The summed E-state index contributed by atoms with van der Waals surface area (Å²) in [4.78, 5) is 2.84. The summed E-state index contributed by atoms with van der Waals surface area (Å²) >= 11 is -0.644. The average Bonchev–Trinajstić information content (AvgIpc) is 1.72. The van der Waals surface area contributed by atoms with E-state index < -0.39 is 14.1 Å². The minimum absolute atomic E-state index is 0.644. The van der Waals surface area contributed by atoms with Gasteiger partial charge in [-0.1, -0.05) is 24.4 Å². The van der Waals surface area contributed by atoms with Crippen molar-refractivity contribution in [3.8, 4) is 11.2 Å². The maximum atomic E-state index is 5.21. The molecule has 7 heavy (non-hydrogen) atoms. The van der Waals surface area contributed by atoms with Crippen LogP contribution < -0.4 is 0 Å². The van der Waals surface area contributed by atoms with Gasteiger partial charge < -0.3 is 0 Å². The predicted molar refractivity (Wildman–Crippen MR) is 35.5 cm³/mol. The van der Waals surface area contributed by atoms with Crippen LogP contribution in [0.25, 0.3) is 0 Å². The van der Waals surface area contributed by atoms with E-state index in [1.54, 1.807) is 0 Å². The molecule has 0 aliphatic heterocycles. The molecule has 38 valence electrons. The first-order chi connectivity index (χ1) is 3.35. The van der Waals surface area contributed by atoms with E-state index >= 15 is 0 Å². The molecule has 0 spiro atoms. The quantitative estimate of drug-likeness (QED) is 0.375. The van der Waals surface area contributed by atoms with Crippen LogP contribution in [-0.2, 0) is 0 Å². The van der Waals surface area contributed by atoms with E-state index in [1.165, 1.54) is 10.6 Å². The topological polar surface area (TPSA) is 0 Å². The molecule has 0 atom stereocenters. The highest BCUT2D eigenvalue weighted by atomic mass is 27.2. The Bertz CT molecular complexity index is 66.7. The van der Waals surface area contributed by atoms with Crippen LogP contribution >= 0.6 is 0 Å². The minimum atomic E-state index is -0.644. The molecule has 0 rings (SSSR count). The molecule has 0 aromatic heterocycles. The minimum Gasteiger partial charge on any atom is -0.208 e. The second kappa shape index (κ2) is 4.26. The maximum absolute atomic E-state index is 5.21. The Labute approximate surface area is 50.3 Å². The average molecular weight is 110 g/mol. The van der Waals surface area contributed by atoms with Gasteiger partial charge in [-0.3, -0.25) is 0 Å². The molecular weight excluding hydrogens is 99.0 g/mol. The number of hydrogen-bond donors (Lipinski definition) is 0. The standard InChI is InChI=1S/2C2H5.C2H.Al/c3*1-2;/h2*1H2,2H3;1H;. The van der Waals surface area contributed by atoms with E-state index in [1.807, 2.05) is 0 Å². The Morgan fingerprint density at radius 2 is 1.86 bits per heavy atom. The highest BCUT2D eigenvalue weighted by Gasteiger charge is 2.05. The third kappa shape index (κ3) is 2.75. The lowest BCUT2D eigenvalue weighted by Crippen LogP contribution is -2.03. The van der Waals surface area contributed by atoms with Crippen molar-refractivity contribution in [3.05, 3.63) is 0 Å². The Kier molecular flexibility index (Phi) is 4.31. The van der Waals surface area contributed by atoms with Crippen molar-refractivity contribution < 1.29 is 0 Å². The van der Waals surface area contributed by atoms with E-state index in [2.05, 4.69) is 18.6 Å². The van der Waals surface area contributed by atoms with Gasteiger partial charge >= 0.3 is 14.1 Å². The molecule has 0 nitrogen and oxygen atoms in total. The summed E-state index contributed by atoms with van der Waals surface area (Å²) in [5.41, 5.74) is 0. The third-order valence-corrected chi connectivity index (χ3v) is 3.66. The first-order valence-electron chi connectivity index (χ1n) is 2.81. The van der Waals surface area contributed by atoms with Crippen LogP contribution in [0.1, 0.15) is 13.8 Å². The van der Waals surface area contributed by atoms with Gasteiger partial charge in [0, 0.05) is 0 Å². The zero-order valence-electron chi connectivity index (χ0n) is 5.07. The van der Waals surface area contributed by atoms with Crippen LogP contribution in [0.5, 0.6) is 0 Å². The van der Waals surface area contributed by atoms with Crippen molar-refractivity contribution in [2.75, 3.05) is 0 Å². The number of rotatable bonds is 2. The SMILES string of the molecule is C#[C][Al]([CH2]C)[CH2]C. The van der Waals surface area contributed by atoms with Gasteiger partial charge in [0.05, 0.1) is 0 Å². The second-order valence-electron chi connectivity index (χ2n) is 1.68. The van der Waals surface area contributed by atoms with Gasteiger partial charge in [-0.2, -0.15) is 0 Å². The molecule has 0 N–H and O–H groups in total. The van der Waals surface area contributed by atoms with Crippen molar-refractivity contribution in [1.82, 2.24) is 0 Å². The van der Waals surface area contributed by atoms with E-state index in [9.17, 15) is 0 Å². The maximum Gasteiger partial charge on any atom is 0.375 e. The summed E-state index contributed by atoms with van der Waals surface area (Å²) in [7, 11) is 0.